The number of hydrogen-bond acceptors (Lipinski definition) is 5. The minimum atomic E-state index is -2.25. The van der Waals surface area contributed by atoms with Gasteiger partial charge >= 0.3 is 0 Å². The quantitative estimate of drug-likeness (QED) is 0.503. The van der Waals surface area contributed by atoms with Gasteiger partial charge in [-0.05, 0) is 62.9 Å². The Morgan fingerprint density at radius 1 is 1.03 bits per heavy atom. The number of fused-ring (bicyclic) bond motifs is 1. The minimum absolute atomic E-state index is 0.204. The second-order valence-electron chi connectivity index (χ2n) is 7.54. The lowest BCUT2D eigenvalue weighted by Gasteiger charge is -2.14. The van der Waals surface area contributed by atoms with Crippen LogP contribution in [0.5, 0.6) is 11.5 Å². The van der Waals surface area contributed by atoms with E-state index in [1.165, 1.54) is 0 Å². The number of hydrogen-bond donors (Lipinski definition) is 2. The molecule has 1 atom stereocenters. The summed E-state index contributed by atoms with van der Waals surface area (Å²) < 4.78 is 22.8. The SMILES string of the molecule is C=S(C)(=O)c1ccc(CNc2cccc(Cl)c2C(=O)NCc2ccc3c(c2)OCO3)cc1. The molecule has 0 radical (unpaired) electrons. The number of anilines is 1. The summed E-state index contributed by atoms with van der Waals surface area (Å²) in [6, 6.07) is 18.2. The highest BCUT2D eigenvalue weighted by Gasteiger charge is 2.17. The number of carbonyl (C=O) groups excluding carboxylic acids is 1. The summed E-state index contributed by atoms with van der Waals surface area (Å²) in [5.41, 5.74) is 2.87. The van der Waals surface area contributed by atoms with Crippen LogP contribution in [0.25, 0.3) is 0 Å². The molecule has 3 aromatic rings. The normalized spacial score (nSPS) is 13.9. The van der Waals surface area contributed by atoms with Crippen LogP contribution in [0.4, 0.5) is 5.69 Å². The number of amides is 1. The average molecular weight is 471 g/mol. The molecule has 1 heterocycles. The average Bonchev–Trinajstić information content (AvgIpc) is 3.23. The lowest BCUT2D eigenvalue weighted by atomic mass is 10.1. The van der Waals surface area contributed by atoms with E-state index >= 15 is 0 Å². The van der Waals surface area contributed by atoms with Gasteiger partial charge in [-0.3, -0.25) is 9.00 Å². The smallest absolute Gasteiger partial charge is 0.255 e. The predicted octanol–water partition coefficient (Wildman–Crippen LogP) is 4.32. The van der Waals surface area contributed by atoms with Crippen molar-refractivity contribution in [2.75, 3.05) is 18.4 Å². The first-order valence-electron chi connectivity index (χ1n) is 9.91. The van der Waals surface area contributed by atoms with Crippen molar-refractivity contribution in [3.63, 3.8) is 0 Å². The number of ether oxygens (including phenoxy) is 2. The van der Waals surface area contributed by atoms with Crippen molar-refractivity contribution in [2.45, 2.75) is 18.0 Å². The molecule has 3 aromatic carbocycles. The molecule has 6 nitrogen and oxygen atoms in total. The maximum Gasteiger partial charge on any atom is 0.255 e. The highest BCUT2D eigenvalue weighted by molar-refractivity contribution is 7.99. The number of halogens is 1. The number of benzene rings is 3. The van der Waals surface area contributed by atoms with Crippen molar-refractivity contribution in [1.29, 1.82) is 0 Å². The van der Waals surface area contributed by atoms with Crippen molar-refractivity contribution in [2.24, 2.45) is 0 Å². The van der Waals surface area contributed by atoms with E-state index in [-0.39, 0.29) is 12.7 Å². The molecule has 32 heavy (non-hydrogen) atoms. The van der Waals surface area contributed by atoms with Gasteiger partial charge in [0.05, 0.1) is 10.6 Å². The zero-order valence-electron chi connectivity index (χ0n) is 17.5. The van der Waals surface area contributed by atoms with Crippen LogP contribution in [0.15, 0.2) is 65.6 Å². The van der Waals surface area contributed by atoms with Crippen molar-refractivity contribution in [1.82, 2.24) is 5.32 Å². The van der Waals surface area contributed by atoms with Gasteiger partial charge in [0.2, 0.25) is 6.79 Å². The summed E-state index contributed by atoms with van der Waals surface area (Å²) >= 11 is 6.36. The second-order valence-corrected chi connectivity index (χ2v) is 10.4. The first-order valence-corrected chi connectivity index (χ1v) is 12.4. The summed E-state index contributed by atoms with van der Waals surface area (Å²) in [5.74, 6) is 4.78. The van der Waals surface area contributed by atoms with Gasteiger partial charge in [0.15, 0.2) is 11.5 Å². The van der Waals surface area contributed by atoms with Gasteiger partial charge in [0, 0.05) is 29.9 Å². The van der Waals surface area contributed by atoms with Crippen LogP contribution in [-0.4, -0.2) is 29.0 Å². The predicted molar refractivity (Wildman–Crippen MR) is 128 cm³/mol. The van der Waals surface area contributed by atoms with Gasteiger partial charge in [-0.15, -0.1) is 0 Å². The van der Waals surface area contributed by atoms with E-state index in [4.69, 9.17) is 21.1 Å². The Balaban J connectivity index is 1.44. The third kappa shape index (κ3) is 5.00. The van der Waals surface area contributed by atoms with Crippen LogP contribution in [0.2, 0.25) is 5.02 Å². The minimum Gasteiger partial charge on any atom is -0.454 e. The fraction of sp³-hybridized carbons (Fsp3) is 0.167. The van der Waals surface area contributed by atoms with Crippen molar-refractivity contribution in [3.05, 3.63) is 82.4 Å². The molecule has 1 aliphatic heterocycles. The third-order valence-electron chi connectivity index (χ3n) is 5.04. The zero-order valence-corrected chi connectivity index (χ0v) is 19.1. The third-order valence-corrected chi connectivity index (χ3v) is 6.62. The molecule has 1 amide bonds. The van der Waals surface area contributed by atoms with Crippen molar-refractivity contribution >= 4 is 38.6 Å². The topological polar surface area (TPSA) is 76.7 Å². The van der Waals surface area contributed by atoms with E-state index in [1.54, 1.807) is 18.4 Å². The molecular weight excluding hydrogens is 448 g/mol. The fourth-order valence-electron chi connectivity index (χ4n) is 3.32. The van der Waals surface area contributed by atoms with Gasteiger partial charge in [-0.25, -0.2) is 0 Å². The summed E-state index contributed by atoms with van der Waals surface area (Å²) in [6.45, 7) is 1.00. The Labute approximate surface area is 192 Å². The van der Waals surface area contributed by atoms with Crippen LogP contribution in [-0.2, 0) is 22.6 Å². The van der Waals surface area contributed by atoms with E-state index in [9.17, 15) is 9.00 Å². The molecule has 0 aliphatic carbocycles. The van der Waals surface area contributed by atoms with E-state index in [1.807, 2.05) is 48.5 Å². The Hall–Kier alpha value is -3.16. The molecule has 1 unspecified atom stereocenters. The maximum atomic E-state index is 12.9. The molecule has 2 N–H and O–H groups in total. The lowest BCUT2D eigenvalue weighted by Crippen LogP contribution is -2.24. The van der Waals surface area contributed by atoms with Crippen LogP contribution in [0.3, 0.4) is 0 Å². The molecule has 8 heteroatoms. The summed E-state index contributed by atoms with van der Waals surface area (Å²) in [6.07, 6.45) is 1.61. The van der Waals surface area contributed by atoms with Gasteiger partial charge < -0.3 is 20.1 Å². The molecule has 0 spiro atoms. The highest BCUT2D eigenvalue weighted by Crippen LogP contribution is 2.32. The maximum absolute atomic E-state index is 12.9. The van der Waals surface area contributed by atoms with Crippen LogP contribution in [0, 0.1) is 0 Å². The monoisotopic (exact) mass is 470 g/mol. The van der Waals surface area contributed by atoms with E-state index in [0.29, 0.717) is 45.8 Å². The number of carbonyl (C=O) groups is 1. The Bertz CT molecular complexity index is 1260. The number of nitrogens with one attached hydrogen (secondary N) is 2. The molecule has 0 bridgehead atoms. The first kappa shape index (κ1) is 22.0. The Morgan fingerprint density at radius 3 is 2.50 bits per heavy atom. The van der Waals surface area contributed by atoms with Crippen LogP contribution < -0.4 is 20.1 Å². The summed E-state index contributed by atoms with van der Waals surface area (Å²) in [4.78, 5) is 13.6. The zero-order chi connectivity index (χ0) is 22.7. The molecule has 0 aromatic heterocycles. The lowest BCUT2D eigenvalue weighted by molar-refractivity contribution is 0.0951. The second kappa shape index (κ2) is 9.14. The summed E-state index contributed by atoms with van der Waals surface area (Å²) in [5, 5.41) is 6.54. The Kier molecular flexibility index (Phi) is 6.30. The van der Waals surface area contributed by atoms with E-state index < -0.39 is 9.52 Å². The van der Waals surface area contributed by atoms with Crippen LogP contribution >= 0.6 is 11.6 Å². The van der Waals surface area contributed by atoms with Crippen LogP contribution in [0.1, 0.15) is 21.5 Å². The van der Waals surface area contributed by atoms with Gasteiger partial charge in [-0.2, -0.15) is 0 Å². The van der Waals surface area contributed by atoms with E-state index in [0.717, 1.165) is 11.1 Å². The molecule has 0 saturated carbocycles. The van der Waals surface area contributed by atoms with Gasteiger partial charge in [0.25, 0.3) is 5.91 Å². The molecular formula is C24H23ClN2O4S. The number of rotatable bonds is 7. The van der Waals surface area contributed by atoms with Gasteiger partial charge in [0.1, 0.15) is 0 Å². The van der Waals surface area contributed by atoms with E-state index in [2.05, 4.69) is 16.5 Å². The van der Waals surface area contributed by atoms with Crippen molar-refractivity contribution < 1.29 is 18.5 Å². The van der Waals surface area contributed by atoms with Gasteiger partial charge in [-0.1, -0.05) is 35.9 Å². The molecule has 1 aliphatic rings. The molecule has 4 rings (SSSR count). The van der Waals surface area contributed by atoms with Crippen molar-refractivity contribution in [3.8, 4) is 11.5 Å². The largest absolute Gasteiger partial charge is 0.454 e. The first-order chi connectivity index (χ1) is 15.3. The Morgan fingerprint density at radius 2 is 1.75 bits per heavy atom. The molecule has 0 saturated heterocycles. The standard InChI is InChI=1S/C24H23ClN2O4S/c1-32(2,29)18-9-6-16(7-10-18)13-26-20-5-3-4-19(25)23(20)24(28)27-14-17-8-11-21-22(12-17)31-15-30-21/h3-12,26H,1,13-15H2,2H3,(H,27,28). The molecule has 166 valence electrons. The summed E-state index contributed by atoms with van der Waals surface area (Å²) in [7, 11) is -2.25. The molecule has 0 fully saturated rings. The fourth-order valence-corrected chi connectivity index (χ4v) is 4.29. The highest BCUT2D eigenvalue weighted by atomic mass is 35.5.